The first kappa shape index (κ1) is 21.0. The summed E-state index contributed by atoms with van der Waals surface area (Å²) in [5.41, 5.74) is 3.28. The number of aromatic carboxylic acids is 1. The van der Waals surface area contributed by atoms with Crippen LogP contribution in [0.5, 0.6) is 0 Å². The molecule has 140 valence electrons. The van der Waals surface area contributed by atoms with Gasteiger partial charge in [0.15, 0.2) is 0 Å². The maximum atomic E-state index is 10.7. The third-order valence-electron chi connectivity index (χ3n) is 3.53. The van der Waals surface area contributed by atoms with Crippen molar-refractivity contribution in [3.05, 3.63) is 97.1 Å². The summed E-state index contributed by atoms with van der Waals surface area (Å²) in [4.78, 5) is 27.3. The van der Waals surface area contributed by atoms with Gasteiger partial charge in [-0.1, -0.05) is 18.2 Å². The molecule has 0 atom stereocenters. The Balaban J connectivity index is 0.000000198. The molecule has 0 aromatic carbocycles. The van der Waals surface area contributed by atoms with Crippen LogP contribution in [0.1, 0.15) is 10.4 Å². The normalized spacial score (nSPS) is 9.43. The molecule has 28 heavy (non-hydrogen) atoms. The number of rotatable bonds is 3. The number of nitrogens with zero attached hydrogens (tertiary/aromatic N) is 4. The largest absolute Gasteiger partial charge is 0.478 e. The third kappa shape index (κ3) is 5.87. The first-order valence-electron chi connectivity index (χ1n) is 8.17. The second kappa shape index (κ2) is 10.8. The van der Waals surface area contributed by atoms with Gasteiger partial charge in [0.1, 0.15) is 0 Å². The van der Waals surface area contributed by atoms with Gasteiger partial charge in [0.2, 0.25) is 0 Å². The smallest absolute Gasteiger partial charge is 0.335 e. The van der Waals surface area contributed by atoms with Gasteiger partial charge in [-0.15, -0.1) is 0 Å². The van der Waals surface area contributed by atoms with Crippen LogP contribution in [-0.4, -0.2) is 31.0 Å². The SMILES string of the molecule is O=C(O)c1ccnc(-c2ccccn2)c1.[Os].c1ccc(-c2ccccn2)nc1. The molecule has 4 rings (SSSR count). The van der Waals surface area contributed by atoms with E-state index in [9.17, 15) is 4.79 Å². The van der Waals surface area contributed by atoms with E-state index in [0.717, 1.165) is 11.4 Å². The zero-order valence-corrected chi connectivity index (χ0v) is 17.2. The van der Waals surface area contributed by atoms with E-state index >= 15 is 0 Å². The second-order valence-corrected chi connectivity index (χ2v) is 5.38. The molecule has 0 bridgehead atoms. The van der Waals surface area contributed by atoms with Gasteiger partial charge in [-0.05, 0) is 48.5 Å². The van der Waals surface area contributed by atoms with Crippen molar-refractivity contribution in [1.82, 2.24) is 19.9 Å². The summed E-state index contributed by atoms with van der Waals surface area (Å²) >= 11 is 0. The van der Waals surface area contributed by atoms with Crippen molar-refractivity contribution in [1.29, 1.82) is 0 Å². The van der Waals surface area contributed by atoms with E-state index < -0.39 is 5.97 Å². The molecule has 1 N–H and O–H groups in total. The summed E-state index contributed by atoms with van der Waals surface area (Å²) in [6.07, 6.45) is 6.64. The van der Waals surface area contributed by atoms with Crippen LogP contribution in [0.25, 0.3) is 22.8 Å². The minimum Gasteiger partial charge on any atom is -0.478 e. The molecular formula is C21H16N4O2Os. The Hall–Kier alpha value is -3.29. The Labute approximate surface area is 175 Å². The van der Waals surface area contributed by atoms with Crippen LogP contribution in [0.4, 0.5) is 0 Å². The summed E-state index contributed by atoms with van der Waals surface area (Å²) < 4.78 is 0. The minimum absolute atomic E-state index is 0. The topological polar surface area (TPSA) is 88.9 Å². The molecule has 0 aliphatic carbocycles. The molecular weight excluding hydrogens is 530 g/mol. The van der Waals surface area contributed by atoms with Crippen LogP contribution in [0.15, 0.2) is 91.5 Å². The van der Waals surface area contributed by atoms with Crippen LogP contribution >= 0.6 is 0 Å². The Bertz CT molecular complexity index is 963. The Kier molecular flexibility index (Phi) is 8.07. The Morgan fingerprint density at radius 3 is 1.43 bits per heavy atom. The van der Waals surface area contributed by atoms with Crippen LogP contribution in [-0.2, 0) is 19.8 Å². The number of pyridine rings is 4. The first-order valence-corrected chi connectivity index (χ1v) is 8.17. The first-order chi connectivity index (χ1) is 13.2. The quantitative estimate of drug-likeness (QED) is 0.418. The van der Waals surface area contributed by atoms with Crippen molar-refractivity contribution < 1.29 is 29.7 Å². The predicted octanol–water partition coefficient (Wildman–Crippen LogP) is 3.98. The van der Waals surface area contributed by atoms with Crippen molar-refractivity contribution in [3.8, 4) is 22.8 Å². The molecule has 0 unspecified atom stereocenters. The summed E-state index contributed by atoms with van der Waals surface area (Å²) in [7, 11) is 0. The van der Waals surface area contributed by atoms with Crippen molar-refractivity contribution in [2.75, 3.05) is 0 Å². The zero-order valence-electron chi connectivity index (χ0n) is 14.7. The molecule has 0 spiro atoms. The number of carbonyl (C=O) groups is 1. The molecule has 0 fully saturated rings. The molecule has 4 aromatic heterocycles. The minimum atomic E-state index is -0.963. The summed E-state index contributed by atoms with van der Waals surface area (Å²) in [5, 5.41) is 8.81. The fourth-order valence-electron chi connectivity index (χ4n) is 2.25. The van der Waals surface area contributed by atoms with E-state index in [2.05, 4.69) is 19.9 Å². The van der Waals surface area contributed by atoms with Crippen LogP contribution < -0.4 is 0 Å². The number of carboxylic acid groups (broad SMARTS) is 1. The molecule has 0 amide bonds. The molecule has 0 saturated heterocycles. The van der Waals surface area contributed by atoms with E-state index in [1.165, 1.54) is 18.3 Å². The summed E-state index contributed by atoms with van der Waals surface area (Å²) in [6.45, 7) is 0. The molecule has 0 aliphatic heterocycles. The fraction of sp³-hybridized carbons (Fsp3) is 0. The van der Waals surface area contributed by atoms with E-state index in [1.807, 2.05) is 42.5 Å². The average molecular weight is 547 g/mol. The van der Waals surface area contributed by atoms with Gasteiger partial charge in [-0.25, -0.2) is 4.79 Å². The average Bonchev–Trinajstić information content (AvgIpc) is 2.76. The van der Waals surface area contributed by atoms with Crippen molar-refractivity contribution >= 4 is 5.97 Å². The predicted molar refractivity (Wildman–Crippen MR) is 102 cm³/mol. The van der Waals surface area contributed by atoms with Gasteiger partial charge in [-0.2, -0.15) is 0 Å². The van der Waals surface area contributed by atoms with Crippen molar-refractivity contribution in [2.24, 2.45) is 0 Å². The molecule has 0 radical (unpaired) electrons. The van der Waals surface area contributed by atoms with Gasteiger partial charge in [0.05, 0.1) is 28.3 Å². The maximum absolute atomic E-state index is 10.7. The van der Waals surface area contributed by atoms with Crippen LogP contribution in [0.3, 0.4) is 0 Å². The second-order valence-electron chi connectivity index (χ2n) is 5.38. The van der Waals surface area contributed by atoms with E-state index in [0.29, 0.717) is 11.4 Å². The number of carboxylic acids is 1. The van der Waals surface area contributed by atoms with E-state index in [-0.39, 0.29) is 25.4 Å². The molecule has 6 nitrogen and oxygen atoms in total. The summed E-state index contributed by atoms with van der Waals surface area (Å²) in [5.74, 6) is -0.963. The molecule has 4 heterocycles. The summed E-state index contributed by atoms with van der Waals surface area (Å²) in [6, 6.07) is 20.0. The standard InChI is InChI=1S/C11H8N2O2.C10H8N2.Os/c14-11(15)8-4-6-13-10(7-8)9-3-1-2-5-12-9;1-3-7-11-9(5-1)10-6-2-4-8-12-10;/h1-7H,(H,14,15);1-8H;. The Morgan fingerprint density at radius 2 is 1.04 bits per heavy atom. The number of aromatic nitrogens is 4. The molecule has 0 saturated carbocycles. The monoisotopic (exact) mass is 548 g/mol. The number of hydrogen-bond donors (Lipinski definition) is 1. The number of hydrogen-bond acceptors (Lipinski definition) is 5. The van der Waals surface area contributed by atoms with E-state index in [4.69, 9.17) is 5.11 Å². The maximum Gasteiger partial charge on any atom is 0.335 e. The van der Waals surface area contributed by atoms with E-state index in [1.54, 1.807) is 30.7 Å². The van der Waals surface area contributed by atoms with Gasteiger partial charge >= 0.3 is 5.97 Å². The fourth-order valence-corrected chi connectivity index (χ4v) is 2.25. The van der Waals surface area contributed by atoms with Gasteiger partial charge < -0.3 is 5.11 Å². The van der Waals surface area contributed by atoms with Crippen LogP contribution in [0, 0.1) is 0 Å². The van der Waals surface area contributed by atoms with Gasteiger partial charge in [-0.3, -0.25) is 19.9 Å². The Morgan fingerprint density at radius 1 is 0.607 bits per heavy atom. The zero-order chi connectivity index (χ0) is 18.9. The molecule has 7 heteroatoms. The van der Waals surface area contributed by atoms with Crippen molar-refractivity contribution in [3.63, 3.8) is 0 Å². The molecule has 4 aromatic rings. The van der Waals surface area contributed by atoms with Crippen LogP contribution in [0.2, 0.25) is 0 Å². The third-order valence-corrected chi connectivity index (χ3v) is 3.53. The molecule has 0 aliphatic rings. The van der Waals surface area contributed by atoms with Crippen molar-refractivity contribution in [2.45, 2.75) is 0 Å². The van der Waals surface area contributed by atoms with Gasteiger partial charge in [0.25, 0.3) is 0 Å². The van der Waals surface area contributed by atoms with Gasteiger partial charge in [0, 0.05) is 44.6 Å².